The lowest BCUT2D eigenvalue weighted by Gasteiger charge is -2.11. The highest BCUT2D eigenvalue weighted by Gasteiger charge is 2.28. The fraction of sp³-hybridized carbons (Fsp3) is 0.857. The van der Waals surface area contributed by atoms with Crippen molar-refractivity contribution in [3.8, 4) is 0 Å². The lowest BCUT2D eigenvalue weighted by Crippen LogP contribution is -3.00. The van der Waals surface area contributed by atoms with Gasteiger partial charge in [0.2, 0.25) is 5.91 Å². The molecule has 4 N–H and O–H groups in total. The predicted octanol–water partition coefficient (Wildman–Crippen LogP) is -4.16. The molecule has 4 heteroatoms. The lowest BCUT2D eigenvalue weighted by molar-refractivity contribution is -0.674. The molecule has 1 amide bonds. The summed E-state index contributed by atoms with van der Waals surface area (Å²) in [6.45, 7) is 3.07. The Morgan fingerprint density at radius 3 is 2.73 bits per heavy atom. The quantitative estimate of drug-likeness (QED) is 0.492. The van der Waals surface area contributed by atoms with Crippen molar-refractivity contribution in [2.24, 2.45) is 11.7 Å². The van der Waals surface area contributed by atoms with Crippen LogP contribution in [0.15, 0.2) is 0 Å². The normalized spacial score (nSPS) is 25.7. The van der Waals surface area contributed by atoms with E-state index in [1.165, 1.54) is 6.42 Å². The zero-order valence-electron chi connectivity index (χ0n) is 6.72. The van der Waals surface area contributed by atoms with Crippen LogP contribution in [0.25, 0.3) is 0 Å². The molecule has 1 saturated heterocycles. The number of carbonyl (C=O) groups is 1. The summed E-state index contributed by atoms with van der Waals surface area (Å²) in [5.74, 6) is -0.120. The van der Waals surface area contributed by atoms with Crippen LogP contribution in [0.3, 0.4) is 0 Å². The van der Waals surface area contributed by atoms with Crippen molar-refractivity contribution in [2.75, 3.05) is 6.54 Å². The average molecular weight is 270 g/mol. The third kappa shape index (κ3) is 2.94. The zero-order valence-corrected chi connectivity index (χ0v) is 8.87. The van der Waals surface area contributed by atoms with Crippen molar-refractivity contribution in [2.45, 2.75) is 25.8 Å². The number of quaternary nitrogens is 1. The van der Waals surface area contributed by atoms with Crippen LogP contribution in [0.1, 0.15) is 19.8 Å². The summed E-state index contributed by atoms with van der Waals surface area (Å²) in [7, 11) is 0. The second-order valence-electron chi connectivity index (χ2n) is 3.02. The monoisotopic (exact) mass is 270 g/mol. The molecule has 1 aliphatic heterocycles. The molecule has 1 fully saturated rings. The zero-order chi connectivity index (χ0) is 7.56. The Morgan fingerprint density at radius 2 is 2.36 bits per heavy atom. The Kier molecular flexibility index (Phi) is 4.99. The van der Waals surface area contributed by atoms with Gasteiger partial charge in [0.05, 0.1) is 18.5 Å². The molecule has 1 rings (SSSR count). The van der Waals surface area contributed by atoms with Gasteiger partial charge in [0.1, 0.15) is 0 Å². The highest BCUT2D eigenvalue weighted by molar-refractivity contribution is 5.76. The van der Waals surface area contributed by atoms with Crippen molar-refractivity contribution < 1.29 is 34.1 Å². The Balaban J connectivity index is 0.000001000. The summed E-state index contributed by atoms with van der Waals surface area (Å²) in [4.78, 5) is 10.7. The third-order valence-electron chi connectivity index (χ3n) is 2.30. The first-order valence-corrected chi connectivity index (χ1v) is 3.84. The summed E-state index contributed by atoms with van der Waals surface area (Å²) >= 11 is 0. The van der Waals surface area contributed by atoms with Gasteiger partial charge < -0.3 is 35.0 Å². The van der Waals surface area contributed by atoms with E-state index >= 15 is 0 Å². The number of amides is 1. The molecule has 3 nitrogen and oxygen atoms in total. The van der Waals surface area contributed by atoms with Crippen LogP contribution in [0.5, 0.6) is 0 Å². The van der Waals surface area contributed by atoms with E-state index in [0.29, 0.717) is 6.04 Å². The Morgan fingerprint density at radius 1 is 1.73 bits per heavy atom. The van der Waals surface area contributed by atoms with Crippen molar-refractivity contribution in [1.29, 1.82) is 0 Å². The van der Waals surface area contributed by atoms with Crippen LogP contribution >= 0.6 is 0 Å². The molecule has 0 aromatic rings. The van der Waals surface area contributed by atoms with Crippen molar-refractivity contribution in [3.63, 3.8) is 0 Å². The molecule has 2 unspecified atom stereocenters. The molecule has 0 saturated carbocycles. The van der Waals surface area contributed by atoms with E-state index in [-0.39, 0.29) is 35.8 Å². The maximum Gasteiger partial charge on any atom is 0.226 e. The van der Waals surface area contributed by atoms with E-state index in [9.17, 15) is 4.79 Å². The minimum absolute atomic E-state index is 0. The maximum absolute atomic E-state index is 10.7. The molecule has 11 heavy (non-hydrogen) atoms. The Bertz CT molecular complexity index is 134. The van der Waals surface area contributed by atoms with Gasteiger partial charge in [-0.2, -0.15) is 0 Å². The number of hydrogen-bond donors (Lipinski definition) is 2. The number of nitrogens with two attached hydrogens (primary N) is 2. The first-order valence-electron chi connectivity index (χ1n) is 3.84. The van der Waals surface area contributed by atoms with Crippen LogP contribution in [0, 0.1) is 5.92 Å². The molecule has 1 heterocycles. The fourth-order valence-corrected chi connectivity index (χ4v) is 1.47. The van der Waals surface area contributed by atoms with Gasteiger partial charge in [-0.3, -0.25) is 4.79 Å². The molecule has 0 radical (unpaired) electrons. The van der Waals surface area contributed by atoms with E-state index in [4.69, 9.17) is 5.73 Å². The number of rotatable bonds is 2. The topological polar surface area (TPSA) is 59.7 Å². The molecule has 0 spiro atoms. The number of hydrogen-bond acceptors (Lipinski definition) is 1. The van der Waals surface area contributed by atoms with Crippen LogP contribution in [0.4, 0.5) is 0 Å². The van der Waals surface area contributed by atoms with Crippen molar-refractivity contribution >= 4 is 5.91 Å². The smallest absolute Gasteiger partial charge is 0.226 e. The standard InChI is InChI=1S/C7H14N2O.HI/c1-5(7(8)10)6-3-2-4-9-6;/h5-6,9H,2-4H2,1H3,(H2,8,10);1H. The number of primary amides is 1. The van der Waals surface area contributed by atoms with Gasteiger partial charge in [-0.25, -0.2) is 0 Å². The highest BCUT2D eigenvalue weighted by atomic mass is 127. The molecular formula is C7H15IN2O. The average Bonchev–Trinajstić information content (AvgIpc) is 2.36. The van der Waals surface area contributed by atoms with Gasteiger partial charge >= 0.3 is 0 Å². The minimum Gasteiger partial charge on any atom is -1.00 e. The Hall–Kier alpha value is 0.160. The molecule has 66 valence electrons. The van der Waals surface area contributed by atoms with Gasteiger partial charge in [0.15, 0.2) is 0 Å². The van der Waals surface area contributed by atoms with Gasteiger partial charge in [0.25, 0.3) is 0 Å². The summed E-state index contributed by atoms with van der Waals surface area (Å²) in [6.07, 6.45) is 2.37. The second kappa shape index (κ2) is 4.92. The van der Waals surface area contributed by atoms with Crippen LogP contribution < -0.4 is 35.0 Å². The lowest BCUT2D eigenvalue weighted by atomic mass is 10.0. The molecule has 1 aliphatic rings. The summed E-state index contributed by atoms with van der Waals surface area (Å²) in [6, 6.07) is 0.456. The van der Waals surface area contributed by atoms with E-state index in [1.807, 2.05) is 6.92 Å². The van der Waals surface area contributed by atoms with Crippen LogP contribution in [0.2, 0.25) is 0 Å². The van der Waals surface area contributed by atoms with Crippen LogP contribution in [-0.4, -0.2) is 18.5 Å². The predicted molar refractivity (Wildman–Crippen MR) is 38.2 cm³/mol. The van der Waals surface area contributed by atoms with Gasteiger partial charge in [-0.05, 0) is 6.92 Å². The van der Waals surface area contributed by atoms with Gasteiger partial charge in [-0.15, -0.1) is 0 Å². The fourth-order valence-electron chi connectivity index (χ4n) is 1.47. The van der Waals surface area contributed by atoms with Gasteiger partial charge in [-0.1, -0.05) is 0 Å². The molecule has 0 bridgehead atoms. The first kappa shape index (κ1) is 11.2. The number of halogens is 1. The molecule has 2 atom stereocenters. The number of carbonyl (C=O) groups excluding carboxylic acids is 1. The summed E-state index contributed by atoms with van der Waals surface area (Å²) in [5, 5.41) is 2.22. The van der Waals surface area contributed by atoms with E-state index in [1.54, 1.807) is 0 Å². The van der Waals surface area contributed by atoms with Crippen molar-refractivity contribution in [1.82, 2.24) is 0 Å². The molecule has 0 aliphatic carbocycles. The Labute approximate surface area is 84.1 Å². The molecule has 0 aromatic carbocycles. The second-order valence-corrected chi connectivity index (χ2v) is 3.02. The van der Waals surface area contributed by atoms with E-state index in [0.717, 1.165) is 13.0 Å². The highest BCUT2D eigenvalue weighted by Crippen LogP contribution is 2.07. The van der Waals surface area contributed by atoms with E-state index < -0.39 is 0 Å². The third-order valence-corrected chi connectivity index (χ3v) is 2.30. The molecule has 0 aromatic heterocycles. The largest absolute Gasteiger partial charge is 1.00 e. The maximum atomic E-state index is 10.7. The molecular weight excluding hydrogens is 255 g/mol. The summed E-state index contributed by atoms with van der Waals surface area (Å²) in [5.41, 5.74) is 5.16. The van der Waals surface area contributed by atoms with Crippen molar-refractivity contribution in [3.05, 3.63) is 0 Å². The SMILES string of the molecule is CC(C(N)=O)C1CCC[NH2+]1.[I-]. The van der Waals surface area contributed by atoms with Crippen LogP contribution in [-0.2, 0) is 4.79 Å². The first-order chi connectivity index (χ1) is 4.72. The van der Waals surface area contributed by atoms with E-state index in [2.05, 4.69) is 5.32 Å². The minimum atomic E-state index is -0.164. The van der Waals surface area contributed by atoms with Gasteiger partial charge in [0, 0.05) is 12.8 Å². The summed E-state index contributed by atoms with van der Waals surface area (Å²) < 4.78 is 0.